The molecule has 0 atom stereocenters. The minimum absolute atomic E-state index is 0.493. The SMILES string of the molecule is CCn1nc(CCN)cc1-c1ccc(C(F)(F)F)cc1. The summed E-state index contributed by atoms with van der Waals surface area (Å²) in [4.78, 5) is 0. The Morgan fingerprint density at radius 2 is 1.85 bits per heavy atom. The largest absolute Gasteiger partial charge is 0.416 e. The molecule has 0 unspecified atom stereocenters. The summed E-state index contributed by atoms with van der Waals surface area (Å²) in [5, 5.41) is 4.38. The fraction of sp³-hybridized carbons (Fsp3) is 0.357. The summed E-state index contributed by atoms with van der Waals surface area (Å²) in [7, 11) is 0. The maximum Gasteiger partial charge on any atom is 0.416 e. The van der Waals surface area contributed by atoms with Crippen LogP contribution in [0.4, 0.5) is 13.2 Å². The van der Waals surface area contributed by atoms with Gasteiger partial charge in [-0.2, -0.15) is 18.3 Å². The van der Waals surface area contributed by atoms with Crippen molar-refractivity contribution in [2.45, 2.75) is 26.1 Å². The van der Waals surface area contributed by atoms with E-state index in [1.807, 2.05) is 13.0 Å². The van der Waals surface area contributed by atoms with Gasteiger partial charge >= 0.3 is 6.18 Å². The molecule has 2 aromatic rings. The van der Waals surface area contributed by atoms with Crippen LogP contribution in [-0.4, -0.2) is 16.3 Å². The van der Waals surface area contributed by atoms with Gasteiger partial charge in [0, 0.05) is 13.0 Å². The normalized spacial score (nSPS) is 11.8. The van der Waals surface area contributed by atoms with Crippen LogP contribution < -0.4 is 5.73 Å². The maximum atomic E-state index is 12.5. The number of hydrogen-bond acceptors (Lipinski definition) is 2. The number of aryl methyl sites for hydroxylation is 1. The zero-order chi connectivity index (χ0) is 14.8. The van der Waals surface area contributed by atoms with Gasteiger partial charge < -0.3 is 5.73 Å². The highest BCUT2D eigenvalue weighted by Crippen LogP contribution is 2.31. The average molecular weight is 283 g/mol. The Hall–Kier alpha value is -1.82. The van der Waals surface area contributed by atoms with E-state index < -0.39 is 11.7 Å². The summed E-state index contributed by atoms with van der Waals surface area (Å²) in [6.45, 7) is 3.08. The monoisotopic (exact) mass is 283 g/mol. The zero-order valence-electron chi connectivity index (χ0n) is 11.1. The van der Waals surface area contributed by atoms with E-state index in [1.165, 1.54) is 12.1 Å². The number of benzene rings is 1. The molecule has 0 spiro atoms. The van der Waals surface area contributed by atoms with Crippen LogP contribution in [0, 0.1) is 0 Å². The van der Waals surface area contributed by atoms with E-state index in [4.69, 9.17) is 5.73 Å². The van der Waals surface area contributed by atoms with Gasteiger partial charge in [0.2, 0.25) is 0 Å². The lowest BCUT2D eigenvalue weighted by atomic mass is 10.1. The van der Waals surface area contributed by atoms with Crippen LogP contribution in [0.25, 0.3) is 11.3 Å². The van der Waals surface area contributed by atoms with Gasteiger partial charge in [-0.25, -0.2) is 0 Å². The van der Waals surface area contributed by atoms with Gasteiger partial charge in [-0.05, 0) is 37.2 Å². The minimum atomic E-state index is -4.31. The standard InChI is InChI=1S/C14H16F3N3/c1-2-20-13(9-12(19-20)7-8-18)10-3-5-11(6-4-10)14(15,16)17/h3-6,9H,2,7-8,18H2,1H3. The number of rotatable bonds is 4. The van der Waals surface area contributed by atoms with Crippen LogP contribution in [0.2, 0.25) is 0 Å². The molecule has 1 aromatic heterocycles. The molecule has 2 rings (SSSR count). The predicted octanol–water partition coefficient (Wildman–Crippen LogP) is 3.09. The van der Waals surface area contributed by atoms with Crippen molar-refractivity contribution in [1.82, 2.24) is 9.78 Å². The third-order valence-electron chi connectivity index (χ3n) is 3.04. The summed E-state index contributed by atoms with van der Waals surface area (Å²) in [6.07, 6.45) is -3.66. The third-order valence-corrected chi connectivity index (χ3v) is 3.04. The van der Waals surface area contributed by atoms with Crippen LogP contribution in [0.1, 0.15) is 18.2 Å². The number of nitrogens with zero attached hydrogens (tertiary/aromatic N) is 2. The van der Waals surface area contributed by atoms with Crippen LogP contribution in [0.3, 0.4) is 0 Å². The van der Waals surface area contributed by atoms with Crippen molar-refractivity contribution < 1.29 is 13.2 Å². The molecule has 0 radical (unpaired) electrons. The number of halogens is 3. The van der Waals surface area contributed by atoms with Gasteiger partial charge in [-0.1, -0.05) is 12.1 Å². The van der Waals surface area contributed by atoms with Crippen LogP contribution in [-0.2, 0) is 19.1 Å². The zero-order valence-corrected chi connectivity index (χ0v) is 11.1. The third kappa shape index (κ3) is 3.01. The smallest absolute Gasteiger partial charge is 0.330 e. The quantitative estimate of drug-likeness (QED) is 0.937. The first-order valence-corrected chi connectivity index (χ1v) is 6.40. The van der Waals surface area contributed by atoms with Crippen molar-refractivity contribution in [3.63, 3.8) is 0 Å². The van der Waals surface area contributed by atoms with Crippen molar-refractivity contribution >= 4 is 0 Å². The first-order chi connectivity index (χ1) is 9.45. The number of aromatic nitrogens is 2. The number of nitrogens with two attached hydrogens (primary N) is 1. The molecule has 6 heteroatoms. The predicted molar refractivity (Wildman–Crippen MR) is 71.1 cm³/mol. The van der Waals surface area contributed by atoms with Crippen LogP contribution in [0.15, 0.2) is 30.3 Å². The molecule has 3 nitrogen and oxygen atoms in total. The van der Waals surface area contributed by atoms with E-state index in [0.717, 1.165) is 29.1 Å². The Bertz CT molecular complexity index is 570. The first kappa shape index (κ1) is 14.6. The van der Waals surface area contributed by atoms with E-state index in [1.54, 1.807) is 4.68 Å². The molecule has 0 saturated heterocycles. The lowest BCUT2D eigenvalue weighted by Crippen LogP contribution is -2.05. The van der Waals surface area contributed by atoms with Gasteiger partial charge in [-0.15, -0.1) is 0 Å². The van der Waals surface area contributed by atoms with Gasteiger partial charge in [0.25, 0.3) is 0 Å². The van der Waals surface area contributed by atoms with E-state index in [9.17, 15) is 13.2 Å². The van der Waals surface area contributed by atoms with E-state index >= 15 is 0 Å². The maximum absolute atomic E-state index is 12.5. The fourth-order valence-electron chi connectivity index (χ4n) is 2.04. The molecule has 0 aliphatic carbocycles. The highest BCUT2D eigenvalue weighted by atomic mass is 19.4. The topological polar surface area (TPSA) is 43.8 Å². The lowest BCUT2D eigenvalue weighted by molar-refractivity contribution is -0.137. The lowest BCUT2D eigenvalue weighted by Gasteiger charge is -2.08. The molecule has 0 aliphatic heterocycles. The molecule has 2 N–H and O–H groups in total. The van der Waals surface area contributed by atoms with Gasteiger partial charge in [0.1, 0.15) is 0 Å². The second kappa shape index (κ2) is 5.66. The second-order valence-electron chi connectivity index (χ2n) is 4.45. The number of hydrogen-bond donors (Lipinski definition) is 1. The number of alkyl halides is 3. The van der Waals surface area contributed by atoms with E-state index in [-0.39, 0.29) is 0 Å². The first-order valence-electron chi connectivity index (χ1n) is 6.40. The minimum Gasteiger partial charge on any atom is -0.330 e. The highest BCUT2D eigenvalue weighted by molar-refractivity contribution is 5.60. The highest BCUT2D eigenvalue weighted by Gasteiger charge is 2.30. The molecule has 0 amide bonds. The van der Waals surface area contributed by atoms with Crippen molar-refractivity contribution in [3.05, 3.63) is 41.6 Å². The second-order valence-corrected chi connectivity index (χ2v) is 4.45. The van der Waals surface area contributed by atoms with Crippen molar-refractivity contribution in [3.8, 4) is 11.3 Å². The van der Waals surface area contributed by atoms with Crippen LogP contribution in [0.5, 0.6) is 0 Å². The molecule has 1 aromatic carbocycles. The molecule has 108 valence electrons. The summed E-state index contributed by atoms with van der Waals surface area (Å²) >= 11 is 0. The molecule has 0 aliphatic rings. The summed E-state index contributed by atoms with van der Waals surface area (Å²) in [6, 6.07) is 6.99. The van der Waals surface area contributed by atoms with Crippen molar-refractivity contribution in [1.29, 1.82) is 0 Å². The van der Waals surface area contributed by atoms with Gasteiger partial charge in [-0.3, -0.25) is 4.68 Å². The summed E-state index contributed by atoms with van der Waals surface area (Å²) < 4.78 is 39.4. The van der Waals surface area contributed by atoms with Crippen molar-refractivity contribution in [2.75, 3.05) is 6.54 Å². The average Bonchev–Trinajstić information content (AvgIpc) is 2.81. The molecular weight excluding hydrogens is 267 g/mol. The molecule has 1 heterocycles. The van der Waals surface area contributed by atoms with Gasteiger partial charge in [0.05, 0.1) is 17.0 Å². The Labute approximate surface area is 115 Å². The Balaban J connectivity index is 2.36. The molecule has 20 heavy (non-hydrogen) atoms. The summed E-state index contributed by atoms with van der Waals surface area (Å²) in [5.41, 5.74) is 7.23. The van der Waals surface area contributed by atoms with E-state index in [2.05, 4.69) is 5.10 Å². The van der Waals surface area contributed by atoms with Crippen molar-refractivity contribution in [2.24, 2.45) is 5.73 Å². The Kier molecular flexibility index (Phi) is 4.13. The Morgan fingerprint density at radius 1 is 1.20 bits per heavy atom. The molecular formula is C14H16F3N3. The fourth-order valence-corrected chi connectivity index (χ4v) is 2.04. The van der Waals surface area contributed by atoms with Gasteiger partial charge in [0.15, 0.2) is 0 Å². The molecule has 0 saturated carbocycles. The van der Waals surface area contributed by atoms with Crippen LogP contribution >= 0.6 is 0 Å². The molecule has 0 bridgehead atoms. The summed E-state index contributed by atoms with van der Waals surface area (Å²) in [5.74, 6) is 0. The Morgan fingerprint density at radius 3 is 2.35 bits per heavy atom. The molecule has 0 fully saturated rings. The van der Waals surface area contributed by atoms with E-state index in [0.29, 0.717) is 19.5 Å².